The van der Waals surface area contributed by atoms with Gasteiger partial charge in [-0.15, -0.1) is 0 Å². The molecule has 2 aliphatic heterocycles. The van der Waals surface area contributed by atoms with E-state index in [1.54, 1.807) is 0 Å². The van der Waals surface area contributed by atoms with Gasteiger partial charge in [-0.25, -0.2) is 0 Å². The van der Waals surface area contributed by atoms with E-state index in [1.165, 1.54) is 12.8 Å². The molecule has 0 aromatic rings. The molecule has 0 aliphatic carbocycles. The second-order valence-electron chi connectivity index (χ2n) is 7.78. The maximum absolute atomic E-state index is 12.6. The highest BCUT2D eigenvalue weighted by molar-refractivity contribution is 5.80. The molecule has 0 radical (unpaired) electrons. The predicted octanol–water partition coefficient (Wildman–Crippen LogP) is 1.79. The molecule has 2 aliphatic rings. The number of likely N-dealkylation sites (tertiary alicyclic amines) is 1. The lowest BCUT2D eigenvalue weighted by Crippen LogP contribution is -2.44. The number of piperidine rings is 2. The van der Waals surface area contributed by atoms with Gasteiger partial charge in [0.05, 0.1) is 0 Å². The molecular weight excluding hydrogens is 330 g/mol. The first-order valence-corrected chi connectivity index (χ1v) is 10.5. The van der Waals surface area contributed by atoms with Crippen LogP contribution in [0.2, 0.25) is 0 Å². The van der Waals surface area contributed by atoms with Gasteiger partial charge in [0.25, 0.3) is 0 Å². The van der Waals surface area contributed by atoms with Crippen molar-refractivity contribution < 1.29 is 14.3 Å². The molecule has 0 aromatic heterocycles. The van der Waals surface area contributed by atoms with Gasteiger partial charge in [-0.3, -0.25) is 9.59 Å². The van der Waals surface area contributed by atoms with Gasteiger partial charge >= 0.3 is 0 Å². The van der Waals surface area contributed by atoms with E-state index in [0.717, 1.165) is 39.0 Å². The van der Waals surface area contributed by atoms with E-state index in [0.29, 0.717) is 44.5 Å². The van der Waals surface area contributed by atoms with Gasteiger partial charge in [0.1, 0.15) is 0 Å². The highest BCUT2D eigenvalue weighted by Gasteiger charge is 2.29. The van der Waals surface area contributed by atoms with Crippen LogP contribution in [0.3, 0.4) is 0 Å². The topological polar surface area (TPSA) is 70.7 Å². The summed E-state index contributed by atoms with van der Waals surface area (Å²) in [6.45, 7) is 9.84. The zero-order valence-corrected chi connectivity index (χ0v) is 16.6. The van der Waals surface area contributed by atoms with Crippen LogP contribution in [-0.2, 0) is 14.3 Å². The zero-order chi connectivity index (χ0) is 18.8. The van der Waals surface area contributed by atoms with Crippen molar-refractivity contribution in [3.05, 3.63) is 0 Å². The van der Waals surface area contributed by atoms with Crippen molar-refractivity contribution in [2.45, 2.75) is 52.4 Å². The molecule has 2 amide bonds. The Hall–Kier alpha value is -1.14. The summed E-state index contributed by atoms with van der Waals surface area (Å²) in [4.78, 5) is 26.8. The van der Waals surface area contributed by atoms with Crippen molar-refractivity contribution in [1.82, 2.24) is 15.5 Å². The predicted molar refractivity (Wildman–Crippen MR) is 103 cm³/mol. The summed E-state index contributed by atoms with van der Waals surface area (Å²) in [6.07, 6.45) is 5.50. The average Bonchev–Trinajstić information content (AvgIpc) is 2.68. The fourth-order valence-corrected chi connectivity index (χ4v) is 4.00. The molecule has 2 N–H and O–H groups in total. The minimum atomic E-state index is 0.0473. The first-order valence-electron chi connectivity index (χ1n) is 10.5. The summed E-state index contributed by atoms with van der Waals surface area (Å²) < 4.78 is 5.28. The van der Waals surface area contributed by atoms with Gasteiger partial charge in [-0.2, -0.15) is 0 Å². The quantitative estimate of drug-likeness (QED) is 0.610. The van der Waals surface area contributed by atoms with Crippen LogP contribution in [0.25, 0.3) is 0 Å². The van der Waals surface area contributed by atoms with E-state index in [2.05, 4.69) is 17.6 Å². The molecule has 0 aromatic carbocycles. The lowest BCUT2D eigenvalue weighted by Gasteiger charge is -2.34. The molecular formula is C20H37N3O3. The van der Waals surface area contributed by atoms with Crippen LogP contribution in [0.4, 0.5) is 0 Å². The normalized spacial score (nSPS) is 22.8. The van der Waals surface area contributed by atoms with Crippen molar-refractivity contribution in [3.63, 3.8) is 0 Å². The SMILES string of the molecule is CCOCCCNC(=O)C1CCN(C(=O)CC(C)C2CCCNC2)CC1. The number of hydrogen-bond acceptors (Lipinski definition) is 4. The number of ether oxygens (including phenoxy) is 1. The molecule has 0 saturated carbocycles. The number of hydrogen-bond donors (Lipinski definition) is 2. The molecule has 2 heterocycles. The second-order valence-corrected chi connectivity index (χ2v) is 7.78. The Bertz CT molecular complexity index is 430. The van der Waals surface area contributed by atoms with Crippen LogP contribution in [0.1, 0.15) is 52.4 Å². The third-order valence-electron chi connectivity index (χ3n) is 5.82. The number of carbonyl (C=O) groups is 2. The number of carbonyl (C=O) groups excluding carboxylic acids is 2. The van der Waals surface area contributed by atoms with Crippen LogP contribution in [0, 0.1) is 17.8 Å². The first kappa shape index (κ1) is 21.2. The summed E-state index contributed by atoms with van der Waals surface area (Å²) in [6, 6.07) is 0. The van der Waals surface area contributed by atoms with Crippen LogP contribution in [-0.4, -0.2) is 62.7 Å². The molecule has 2 rings (SSSR count). The molecule has 6 heteroatoms. The van der Waals surface area contributed by atoms with Crippen molar-refractivity contribution in [1.29, 1.82) is 0 Å². The Balaban J connectivity index is 1.63. The average molecular weight is 368 g/mol. The lowest BCUT2D eigenvalue weighted by atomic mass is 9.85. The zero-order valence-electron chi connectivity index (χ0n) is 16.6. The maximum atomic E-state index is 12.6. The van der Waals surface area contributed by atoms with Crippen LogP contribution in [0.5, 0.6) is 0 Å². The molecule has 2 unspecified atom stereocenters. The van der Waals surface area contributed by atoms with Crippen molar-refractivity contribution in [3.8, 4) is 0 Å². The number of nitrogens with zero attached hydrogens (tertiary/aromatic N) is 1. The monoisotopic (exact) mass is 367 g/mol. The third-order valence-corrected chi connectivity index (χ3v) is 5.82. The summed E-state index contributed by atoms with van der Waals surface area (Å²) in [5.41, 5.74) is 0. The van der Waals surface area contributed by atoms with Crippen molar-refractivity contribution >= 4 is 11.8 Å². The minimum absolute atomic E-state index is 0.0473. The summed E-state index contributed by atoms with van der Waals surface area (Å²) in [5.74, 6) is 1.49. The molecule has 2 atom stereocenters. The largest absolute Gasteiger partial charge is 0.382 e. The molecule has 0 bridgehead atoms. The van der Waals surface area contributed by atoms with Crippen LogP contribution < -0.4 is 10.6 Å². The van der Waals surface area contributed by atoms with Gasteiger partial charge < -0.3 is 20.3 Å². The molecule has 6 nitrogen and oxygen atoms in total. The van der Waals surface area contributed by atoms with E-state index < -0.39 is 0 Å². The first-order chi connectivity index (χ1) is 12.6. The Kier molecular flexibility index (Phi) is 9.40. The van der Waals surface area contributed by atoms with Crippen molar-refractivity contribution in [2.24, 2.45) is 17.8 Å². The van der Waals surface area contributed by atoms with E-state index >= 15 is 0 Å². The molecule has 2 saturated heterocycles. The van der Waals surface area contributed by atoms with Crippen LogP contribution in [0.15, 0.2) is 0 Å². The third kappa shape index (κ3) is 6.88. The van der Waals surface area contributed by atoms with Gasteiger partial charge in [0.15, 0.2) is 0 Å². The van der Waals surface area contributed by atoms with Gasteiger partial charge in [-0.05, 0) is 64.0 Å². The molecule has 0 spiro atoms. The van der Waals surface area contributed by atoms with E-state index in [4.69, 9.17) is 4.74 Å². The van der Waals surface area contributed by atoms with Gasteiger partial charge in [-0.1, -0.05) is 6.92 Å². The van der Waals surface area contributed by atoms with E-state index in [9.17, 15) is 9.59 Å². The smallest absolute Gasteiger partial charge is 0.223 e. The fourth-order valence-electron chi connectivity index (χ4n) is 4.00. The Morgan fingerprint density at radius 1 is 1.27 bits per heavy atom. The Morgan fingerprint density at radius 3 is 2.69 bits per heavy atom. The maximum Gasteiger partial charge on any atom is 0.223 e. The summed E-state index contributed by atoms with van der Waals surface area (Å²) in [5, 5.41) is 6.44. The van der Waals surface area contributed by atoms with E-state index in [1.807, 2.05) is 11.8 Å². The number of amides is 2. The second kappa shape index (κ2) is 11.5. The highest BCUT2D eigenvalue weighted by Crippen LogP contribution is 2.25. The summed E-state index contributed by atoms with van der Waals surface area (Å²) >= 11 is 0. The molecule has 26 heavy (non-hydrogen) atoms. The lowest BCUT2D eigenvalue weighted by molar-refractivity contribution is -0.136. The molecule has 2 fully saturated rings. The van der Waals surface area contributed by atoms with Gasteiger partial charge in [0.2, 0.25) is 11.8 Å². The number of nitrogens with one attached hydrogen (secondary N) is 2. The standard InChI is InChI=1S/C20H37N3O3/c1-3-26-13-5-10-22-20(25)17-7-11-23(12-8-17)19(24)14-16(2)18-6-4-9-21-15-18/h16-18,21H,3-15H2,1-2H3,(H,22,25). The van der Waals surface area contributed by atoms with Crippen molar-refractivity contribution in [2.75, 3.05) is 45.9 Å². The van der Waals surface area contributed by atoms with E-state index in [-0.39, 0.29) is 17.7 Å². The Morgan fingerprint density at radius 2 is 2.04 bits per heavy atom. The highest BCUT2D eigenvalue weighted by atomic mass is 16.5. The molecule has 150 valence electrons. The van der Waals surface area contributed by atoms with Crippen LogP contribution >= 0.6 is 0 Å². The van der Waals surface area contributed by atoms with Gasteiger partial charge in [0, 0.05) is 45.2 Å². The minimum Gasteiger partial charge on any atom is -0.382 e. The fraction of sp³-hybridized carbons (Fsp3) is 0.900. The number of rotatable bonds is 9. The summed E-state index contributed by atoms with van der Waals surface area (Å²) in [7, 11) is 0. The Labute approximate surface area is 158 Å².